The summed E-state index contributed by atoms with van der Waals surface area (Å²) in [5.74, 6) is -2.20. The van der Waals surface area contributed by atoms with Crippen LogP contribution in [-0.4, -0.2) is 72.8 Å². The smallest absolute Gasteiger partial charge is 0.405 e. The molecule has 2 atom stereocenters. The molecule has 0 aliphatic carbocycles. The number of carboxylic acid groups (broad SMARTS) is 1. The fourth-order valence-electron chi connectivity index (χ4n) is 2.86. The summed E-state index contributed by atoms with van der Waals surface area (Å²) in [7, 11) is 2.53. The van der Waals surface area contributed by atoms with Crippen LogP contribution in [0.5, 0.6) is 11.5 Å². The monoisotopic (exact) mass is 442 g/mol. The number of ether oxygens (including phenoxy) is 3. The van der Waals surface area contributed by atoms with Gasteiger partial charge < -0.3 is 35.1 Å². The van der Waals surface area contributed by atoms with Crippen LogP contribution in [0.15, 0.2) is 6.07 Å². The molecule has 0 bridgehead atoms. The van der Waals surface area contributed by atoms with Crippen LogP contribution in [0.3, 0.4) is 0 Å². The third kappa shape index (κ3) is 5.26. The van der Waals surface area contributed by atoms with Crippen LogP contribution >= 0.6 is 11.8 Å². The van der Waals surface area contributed by atoms with Crippen molar-refractivity contribution >= 4 is 35.7 Å². The molecule has 1 aliphatic heterocycles. The van der Waals surface area contributed by atoms with E-state index in [1.54, 1.807) is 6.92 Å². The first-order chi connectivity index (χ1) is 14.2. The number of hydrogen-bond acceptors (Lipinski definition) is 9. The fourth-order valence-corrected chi connectivity index (χ4v) is 3.93. The predicted octanol–water partition coefficient (Wildman–Crippen LogP) is 0.407. The van der Waals surface area contributed by atoms with Gasteiger partial charge in [-0.3, -0.25) is 4.79 Å². The maximum absolute atomic E-state index is 12.7. The highest BCUT2D eigenvalue weighted by Crippen LogP contribution is 2.35. The molecule has 0 radical (unpaired) electrons. The zero-order valence-electron chi connectivity index (χ0n) is 16.5. The van der Waals surface area contributed by atoms with Crippen molar-refractivity contribution in [1.29, 1.82) is 0 Å². The number of phenols is 1. The van der Waals surface area contributed by atoms with Gasteiger partial charge in [-0.05, 0) is 6.92 Å². The molecule has 2 rings (SSSR count). The lowest BCUT2D eigenvalue weighted by Gasteiger charge is -2.23. The molecular formula is C18H22N2O9S. The Kier molecular flexibility index (Phi) is 7.75. The Balaban J connectivity index is 2.48. The highest BCUT2D eigenvalue weighted by Gasteiger charge is 2.31. The summed E-state index contributed by atoms with van der Waals surface area (Å²) in [6.07, 6.45) is -1.52. The number of esters is 2. The van der Waals surface area contributed by atoms with Gasteiger partial charge in [-0.25, -0.2) is 14.4 Å². The second kappa shape index (κ2) is 10.1. The normalized spacial score (nSPS) is 19.8. The number of thioether (sulfide) groups is 1. The third-order valence-corrected chi connectivity index (χ3v) is 5.44. The molecule has 164 valence electrons. The summed E-state index contributed by atoms with van der Waals surface area (Å²) < 4.78 is 15.0. The molecule has 0 saturated heterocycles. The minimum absolute atomic E-state index is 0.0454. The second-order valence-corrected chi connectivity index (χ2v) is 7.31. The Labute approximate surface area is 176 Å². The van der Waals surface area contributed by atoms with Crippen molar-refractivity contribution in [2.75, 3.05) is 26.6 Å². The number of carbonyl (C=O) groups is 4. The molecular weight excluding hydrogens is 420 g/mol. The van der Waals surface area contributed by atoms with Crippen LogP contribution in [0.1, 0.15) is 21.5 Å². The number of cyclic esters (lactones) is 1. The summed E-state index contributed by atoms with van der Waals surface area (Å²) in [4.78, 5) is 48.3. The average Bonchev–Trinajstić information content (AvgIpc) is 2.70. The molecule has 1 aromatic rings. The summed E-state index contributed by atoms with van der Waals surface area (Å²) in [6.45, 7) is 0.973. The Morgan fingerprint density at radius 3 is 2.63 bits per heavy atom. The molecule has 11 nitrogen and oxygen atoms in total. The van der Waals surface area contributed by atoms with Crippen LogP contribution in [0.25, 0.3) is 0 Å². The summed E-state index contributed by atoms with van der Waals surface area (Å²) in [5, 5.41) is 23.7. The molecule has 0 saturated carbocycles. The molecule has 12 heteroatoms. The number of nitrogens with one attached hydrogen (secondary N) is 2. The van der Waals surface area contributed by atoms with Crippen LogP contribution in [0.2, 0.25) is 0 Å². The van der Waals surface area contributed by atoms with Gasteiger partial charge in [0.25, 0.3) is 0 Å². The number of fused-ring (bicyclic) bond motifs is 1. The lowest BCUT2D eigenvalue weighted by atomic mass is 10.0. The van der Waals surface area contributed by atoms with Gasteiger partial charge in [0.05, 0.1) is 19.8 Å². The van der Waals surface area contributed by atoms with Gasteiger partial charge in [0.1, 0.15) is 30.2 Å². The van der Waals surface area contributed by atoms with Crippen LogP contribution in [-0.2, 0) is 24.8 Å². The number of rotatable bonds is 3. The minimum Gasteiger partial charge on any atom is -0.507 e. The molecule has 1 heterocycles. The van der Waals surface area contributed by atoms with E-state index in [-0.39, 0.29) is 34.1 Å². The highest BCUT2D eigenvalue weighted by atomic mass is 32.2. The van der Waals surface area contributed by atoms with E-state index in [0.717, 1.165) is 18.9 Å². The Morgan fingerprint density at radius 2 is 2.03 bits per heavy atom. The number of benzene rings is 1. The van der Waals surface area contributed by atoms with Gasteiger partial charge in [-0.2, -0.15) is 11.8 Å². The summed E-state index contributed by atoms with van der Waals surface area (Å²) in [5.41, 5.74) is 0.718. The van der Waals surface area contributed by atoms with E-state index >= 15 is 0 Å². The second-order valence-electron chi connectivity index (χ2n) is 6.28. The fraction of sp³-hybridized carbons (Fsp3) is 0.444. The van der Waals surface area contributed by atoms with Crippen molar-refractivity contribution in [1.82, 2.24) is 10.6 Å². The summed E-state index contributed by atoms with van der Waals surface area (Å²) in [6, 6.07) is -1.18. The van der Waals surface area contributed by atoms with Crippen molar-refractivity contribution < 1.29 is 43.6 Å². The Hall–Kier alpha value is -3.15. The van der Waals surface area contributed by atoms with Crippen molar-refractivity contribution in [3.63, 3.8) is 0 Å². The topological polar surface area (TPSA) is 160 Å². The summed E-state index contributed by atoms with van der Waals surface area (Å²) >= 11 is 1.16. The highest BCUT2D eigenvalue weighted by molar-refractivity contribution is 7.98. The van der Waals surface area contributed by atoms with E-state index < -0.39 is 42.6 Å². The van der Waals surface area contributed by atoms with Crippen LogP contribution < -0.4 is 15.4 Å². The average molecular weight is 442 g/mol. The van der Waals surface area contributed by atoms with Gasteiger partial charge >= 0.3 is 18.0 Å². The largest absolute Gasteiger partial charge is 0.507 e. The molecule has 1 aliphatic rings. The number of phenolic OH excluding ortho intramolecular Hbond substituents is 1. The van der Waals surface area contributed by atoms with E-state index in [4.69, 9.17) is 14.6 Å². The zero-order valence-corrected chi connectivity index (χ0v) is 17.3. The SMILES string of the molecule is COC(=O)[C@@H]1CSCc2c(O)cc(OC)c(C)c2C(=O)OC[C@@H](NC(=O)O)C(=O)N1. The van der Waals surface area contributed by atoms with E-state index in [2.05, 4.69) is 10.1 Å². The van der Waals surface area contributed by atoms with Crippen molar-refractivity contribution in [2.45, 2.75) is 24.8 Å². The first-order valence-corrected chi connectivity index (χ1v) is 9.87. The number of hydrogen-bond donors (Lipinski definition) is 4. The van der Waals surface area contributed by atoms with Gasteiger partial charge in [0, 0.05) is 28.7 Å². The van der Waals surface area contributed by atoms with Crippen molar-refractivity contribution in [3.05, 3.63) is 22.8 Å². The lowest BCUT2D eigenvalue weighted by Crippen LogP contribution is -2.54. The number of carbonyl (C=O) groups excluding carboxylic acids is 3. The predicted molar refractivity (Wildman–Crippen MR) is 105 cm³/mol. The Morgan fingerprint density at radius 1 is 1.33 bits per heavy atom. The molecule has 0 spiro atoms. The first-order valence-electron chi connectivity index (χ1n) is 8.71. The zero-order chi connectivity index (χ0) is 22.4. The standard InChI is InChI=1S/C18H22N2O9S/c1-8-13(27-2)4-12(21)9-6-30-7-11(16(23)28-3)19-15(22)10(20-18(25)26)5-29-17(24)14(8)9/h4,10-11,20-21H,5-7H2,1-3H3,(H,19,22)(H,25,26)/t10-,11+/m1/s1. The molecule has 30 heavy (non-hydrogen) atoms. The van der Waals surface area contributed by atoms with E-state index in [1.165, 1.54) is 13.2 Å². The molecule has 0 unspecified atom stereocenters. The quantitative estimate of drug-likeness (QED) is 0.483. The van der Waals surface area contributed by atoms with Gasteiger partial charge in [0.15, 0.2) is 0 Å². The first kappa shape index (κ1) is 23.1. The van der Waals surface area contributed by atoms with Gasteiger partial charge in [-0.15, -0.1) is 0 Å². The lowest BCUT2D eigenvalue weighted by molar-refractivity contribution is -0.144. The van der Waals surface area contributed by atoms with Crippen LogP contribution in [0.4, 0.5) is 4.79 Å². The Bertz CT molecular complexity index is 859. The molecule has 0 aromatic heterocycles. The maximum Gasteiger partial charge on any atom is 0.405 e. The van der Waals surface area contributed by atoms with Gasteiger partial charge in [-0.1, -0.05) is 0 Å². The molecule has 0 fully saturated rings. The van der Waals surface area contributed by atoms with Crippen molar-refractivity contribution in [2.24, 2.45) is 0 Å². The minimum atomic E-state index is -1.52. The molecule has 2 amide bonds. The third-order valence-electron chi connectivity index (χ3n) is 4.38. The van der Waals surface area contributed by atoms with E-state index in [1.807, 2.05) is 5.32 Å². The molecule has 4 N–H and O–H groups in total. The maximum atomic E-state index is 12.7. The van der Waals surface area contributed by atoms with E-state index in [0.29, 0.717) is 5.56 Å². The molecule has 1 aromatic carbocycles. The number of aromatic hydroxyl groups is 1. The van der Waals surface area contributed by atoms with Crippen molar-refractivity contribution in [3.8, 4) is 11.5 Å². The number of methoxy groups -OCH3 is 2. The van der Waals surface area contributed by atoms with Gasteiger partial charge in [0.2, 0.25) is 5.91 Å². The van der Waals surface area contributed by atoms with Crippen LogP contribution in [0, 0.1) is 6.92 Å². The van der Waals surface area contributed by atoms with E-state index in [9.17, 15) is 24.3 Å². The number of amides is 2.